The number of nitrogens with one attached hydrogen (secondary N) is 1. The smallest absolute Gasteiger partial charge is 0.137 e. The van der Waals surface area contributed by atoms with E-state index in [1.54, 1.807) is 4.90 Å². The molecule has 1 saturated heterocycles. The summed E-state index contributed by atoms with van der Waals surface area (Å²) in [4.78, 5) is 1.76. The maximum absolute atomic E-state index is 6.17. The monoisotopic (exact) mass is 288 g/mol. The number of likely N-dealkylation sites (tertiary alicyclic amines) is 1. The number of nitrogens with two attached hydrogens (primary N) is 1. The van der Waals surface area contributed by atoms with E-state index in [0.717, 1.165) is 17.6 Å². The molecule has 1 aliphatic heterocycles. The zero-order valence-electron chi connectivity index (χ0n) is 10.9. The van der Waals surface area contributed by atoms with Crippen LogP contribution < -0.4 is 10.2 Å². The summed E-state index contributed by atoms with van der Waals surface area (Å²) in [7, 11) is 0. The van der Waals surface area contributed by atoms with Gasteiger partial charge in [0.05, 0.1) is 18.1 Å². The standard InChI is InChI=1S/C14H20Cl2N2/c1-2-18-7-3-4-13(18)10-17-9-11-5-6-12(15)8-14(11)16/h5-6,8,13,17H,2-4,7,9-10H2,1H3/p+2/t13-/m1/s1. The lowest BCUT2D eigenvalue weighted by molar-refractivity contribution is -0.925. The number of likely N-dealkylation sites (N-methyl/N-ethyl adjacent to an activating group) is 1. The summed E-state index contributed by atoms with van der Waals surface area (Å²) >= 11 is 12.1. The predicted octanol–water partition coefficient (Wildman–Crippen LogP) is 1.12. The molecule has 2 nitrogen and oxygen atoms in total. The van der Waals surface area contributed by atoms with Crippen LogP contribution in [-0.4, -0.2) is 25.7 Å². The first kappa shape index (κ1) is 14.1. The van der Waals surface area contributed by atoms with Crippen molar-refractivity contribution in [1.29, 1.82) is 0 Å². The van der Waals surface area contributed by atoms with E-state index >= 15 is 0 Å². The maximum atomic E-state index is 6.17. The van der Waals surface area contributed by atoms with E-state index in [0.29, 0.717) is 5.02 Å². The van der Waals surface area contributed by atoms with Gasteiger partial charge in [-0.15, -0.1) is 0 Å². The third-order valence-corrected chi connectivity index (χ3v) is 4.50. The van der Waals surface area contributed by atoms with Gasteiger partial charge in [-0.1, -0.05) is 29.3 Å². The van der Waals surface area contributed by atoms with E-state index in [2.05, 4.69) is 12.2 Å². The van der Waals surface area contributed by atoms with Crippen LogP contribution in [0, 0.1) is 0 Å². The average Bonchev–Trinajstić information content (AvgIpc) is 2.79. The highest BCUT2D eigenvalue weighted by Crippen LogP contribution is 2.19. The van der Waals surface area contributed by atoms with Gasteiger partial charge in [0.2, 0.25) is 0 Å². The molecule has 0 spiro atoms. The normalized spacial score (nSPS) is 23.5. The van der Waals surface area contributed by atoms with Crippen LogP contribution in [0.15, 0.2) is 18.2 Å². The summed E-state index contributed by atoms with van der Waals surface area (Å²) in [5, 5.41) is 3.87. The number of quaternary nitrogens is 2. The van der Waals surface area contributed by atoms with Gasteiger partial charge >= 0.3 is 0 Å². The van der Waals surface area contributed by atoms with Gasteiger partial charge in [-0.3, -0.25) is 0 Å². The average molecular weight is 289 g/mol. The summed E-state index contributed by atoms with van der Waals surface area (Å²) < 4.78 is 0. The van der Waals surface area contributed by atoms with Crippen molar-refractivity contribution < 1.29 is 10.2 Å². The third kappa shape index (κ3) is 3.61. The summed E-state index contributed by atoms with van der Waals surface area (Å²) in [6.45, 7) is 7.02. The van der Waals surface area contributed by atoms with Gasteiger partial charge in [-0.2, -0.15) is 0 Å². The van der Waals surface area contributed by atoms with E-state index < -0.39 is 0 Å². The predicted molar refractivity (Wildman–Crippen MR) is 76.4 cm³/mol. The van der Waals surface area contributed by atoms with Crippen molar-refractivity contribution in [2.45, 2.75) is 32.4 Å². The molecule has 3 N–H and O–H groups in total. The number of hydrogen-bond donors (Lipinski definition) is 2. The lowest BCUT2D eigenvalue weighted by Gasteiger charge is -2.18. The molecule has 100 valence electrons. The van der Waals surface area contributed by atoms with E-state index in [9.17, 15) is 0 Å². The van der Waals surface area contributed by atoms with Crippen molar-refractivity contribution in [1.82, 2.24) is 0 Å². The Morgan fingerprint density at radius 3 is 2.94 bits per heavy atom. The molecular formula is C14H22Cl2N2+2. The van der Waals surface area contributed by atoms with E-state index in [1.807, 2.05) is 18.2 Å². The number of rotatable bonds is 5. The molecule has 0 aromatic heterocycles. The fourth-order valence-corrected chi connectivity index (χ4v) is 3.35. The molecule has 4 heteroatoms. The second kappa shape index (κ2) is 6.76. The van der Waals surface area contributed by atoms with Crippen LogP contribution in [0.5, 0.6) is 0 Å². The van der Waals surface area contributed by atoms with Crippen molar-refractivity contribution in [3.8, 4) is 0 Å². The van der Waals surface area contributed by atoms with E-state index in [1.165, 1.54) is 38.0 Å². The molecule has 0 radical (unpaired) electrons. The van der Waals surface area contributed by atoms with Gasteiger partial charge in [-0.25, -0.2) is 0 Å². The first-order chi connectivity index (χ1) is 8.70. The van der Waals surface area contributed by atoms with E-state index in [4.69, 9.17) is 23.2 Å². The molecule has 0 bridgehead atoms. The first-order valence-electron chi connectivity index (χ1n) is 6.81. The Morgan fingerprint density at radius 1 is 1.39 bits per heavy atom. The maximum Gasteiger partial charge on any atom is 0.137 e. The number of benzene rings is 1. The summed E-state index contributed by atoms with van der Waals surface area (Å²) in [6.07, 6.45) is 2.75. The molecular weight excluding hydrogens is 267 g/mol. The zero-order valence-corrected chi connectivity index (χ0v) is 12.4. The Balaban J connectivity index is 1.81. The van der Waals surface area contributed by atoms with Crippen molar-refractivity contribution >= 4 is 23.2 Å². The molecule has 18 heavy (non-hydrogen) atoms. The molecule has 1 aromatic rings. The number of halogens is 2. The summed E-state index contributed by atoms with van der Waals surface area (Å²) in [6, 6.07) is 6.59. The SMILES string of the molecule is CC[NH+]1CCC[C@@H]1C[NH2+]Cc1ccc(Cl)cc1Cl. The van der Waals surface area contributed by atoms with Gasteiger partial charge < -0.3 is 10.2 Å². The van der Waals surface area contributed by atoms with E-state index in [-0.39, 0.29) is 0 Å². The lowest BCUT2D eigenvalue weighted by Crippen LogP contribution is -3.16. The molecule has 1 fully saturated rings. The van der Waals surface area contributed by atoms with Crippen LogP contribution >= 0.6 is 23.2 Å². The largest absolute Gasteiger partial charge is 0.338 e. The zero-order chi connectivity index (χ0) is 13.0. The van der Waals surface area contributed by atoms with Crippen LogP contribution in [0.1, 0.15) is 25.3 Å². The lowest BCUT2D eigenvalue weighted by atomic mass is 10.2. The fraction of sp³-hybridized carbons (Fsp3) is 0.571. The molecule has 0 aliphatic carbocycles. The molecule has 2 rings (SSSR count). The van der Waals surface area contributed by atoms with Crippen LogP contribution in [-0.2, 0) is 6.54 Å². The Morgan fingerprint density at radius 2 is 2.22 bits per heavy atom. The minimum absolute atomic E-state index is 0.709. The number of hydrogen-bond acceptors (Lipinski definition) is 0. The minimum atomic E-state index is 0.709. The Hall–Kier alpha value is -0.280. The van der Waals surface area contributed by atoms with Gasteiger partial charge in [0.15, 0.2) is 0 Å². The van der Waals surface area contributed by atoms with Crippen LogP contribution in [0.2, 0.25) is 10.0 Å². The second-order valence-corrected chi connectivity index (χ2v) is 5.91. The minimum Gasteiger partial charge on any atom is -0.338 e. The van der Waals surface area contributed by atoms with Gasteiger partial charge in [-0.05, 0) is 19.1 Å². The highest BCUT2D eigenvalue weighted by Gasteiger charge is 2.28. The van der Waals surface area contributed by atoms with Crippen molar-refractivity contribution in [2.24, 2.45) is 0 Å². The summed E-state index contributed by atoms with van der Waals surface area (Å²) in [5.41, 5.74) is 1.18. The molecule has 0 amide bonds. The molecule has 1 unspecified atom stereocenters. The van der Waals surface area contributed by atoms with Crippen LogP contribution in [0.4, 0.5) is 0 Å². The fourth-order valence-electron chi connectivity index (χ4n) is 2.86. The van der Waals surface area contributed by atoms with Gasteiger partial charge in [0.25, 0.3) is 0 Å². The highest BCUT2D eigenvalue weighted by atomic mass is 35.5. The van der Waals surface area contributed by atoms with Gasteiger partial charge in [0.1, 0.15) is 19.1 Å². The van der Waals surface area contributed by atoms with Crippen molar-refractivity contribution in [2.75, 3.05) is 19.6 Å². The second-order valence-electron chi connectivity index (χ2n) is 5.07. The van der Waals surface area contributed by atoms with Crippen molar-refractivity contribution in [3.05, 3.63) is 33.8 Å². The third-order valence-electron chi connectivity index (χ3n) is 3.91. The Kier molecular flexibility index (Phi) is 5.31. The molecule has 1 aliphatic rings. The Labute approximate surface area is 119 Å². The summed E-state index contributed by atoms with van der Waals surface area (Å²) in [5.74, 6) is 0. The van der Waals surface area contributed by atoms with Crippen molar-refractivity contribution in [3.63, 3.8) is 0 Å². The topological polar surface area (TPSA) is 21.1 Å². The molecule has 2 atom stereocenters. The highest BCUT2D eigenvalue weighted by molar-refractivity contribution is 6.35. The molecule has 1 heterocycles. The van der Waals surface area contributed by atoms with Crippen LogP contribution in [0.3, 0.4) is 0 Å². The molecule has 1 aromatic carbocycles. The first-order valence-corrected chi connectivity index (χ1v) is 7.56. The van der Waals surface area contributed by atoms with Gasteiger partial charge in [0, 0.05) is 23.4 Å². The quantitative estimate of drug-likeness (QED) is 0.811. The van der Waals surface area contributed by atoms with Crippen LogP contribution in [0.25, 0.3) is 0 Å². The Bertz CT molecular complexity index is 395. The molecule has 0 saturated carbocycles.